The van der Waals surface area contributed by atoms with Gasteiger partial charge in [0.05, 0.1) is 4.08 Å². The van der Waals surface area contributed by atoms with Gasteiger partial charge >= 0.3 is 0 Å². The Hall–Kier alpha value is -1.97. The average Bonchev–Trinajstić information content (AvgIpc) is 3.39. The summed E-state index contributed by atoms with van der Waals surface area (Å²) in [6.45, 7) is 5.88. The Kier molecular flexibility index (Phi) is 5.39. The van der Waals surface area contributed by atoms with Crippen LogP contribution in [0.2, 0.25) is 0 Å². The monoisotopic (exact) mass is 404 g/mol. The van der Waals surface area contributed by atoms with Gasteiger partial charge in [-0.1, -0.05) is 59.7 Å². The van der Waals surface area contributed by atoms with Crippen LogP contribution < -0.4 is 0 Å². The zero-order valence-electron chi connectivity index (χ0n) is 16.4. The lowest BCUT2D eigenvalue weighted by atomic mass is 10.1. The van der Waals surface area contributed by atoms with E-state index in [-0.39, 0.29) is 9.86 Å². The fourth-order valence-electron chi connectivity index (χ4n) is 3.41. The van der Waals surface area contributed by atoms with Crippen molar-refractivity contribution in [2.45, 2.75) is 47.0 Å². The minimum atomic E-state index is 0.0995. The number of hydrogen-bond donors (Lipinski definition) is 0. The molecule has 3 aromatic rings. The molecule has 3 heteroatoms. The molecule has 1 fully saturated rings. The number of carbonyl (C=O) groups is 1. The van der Waals surface area contributed by atoms with E-state index in [0.29, 0.717) is 5.92 Å². The first-order chi connectivity index (χ1) is 13.4. The molecule has 0 unspecified atom stereocenters. The molecule has 0 N–H and O–H groups in total. The quantitative estimate of drug-likeness (QED) is 0.317. The topological polar surface area (TPSA) is 17.1 Å². The van der Waals surface area contributed by atoms with Crippen LogP contribution in [-0.2, 0) is 0 Å². The minimum Gasteiger partial charge on any atom is -0.295 e. The Morgan fingerprint density at radius 1 is 0.786 bits per heavy atom. The molecule has 0 bridgehead atoms. The summed E-state index contributed by atoms with van der Waals surface area (Å²) < 4.78 is 0.0995. The van der Waals surface area contributed by atoms with E-state index in [2.05, 4.69) is 74.5 Å². The van der Waals surface area contributed by atoms with Crippen molar-refractivity contribution in [2.24, 2.45) is 0 Å². The van der Waals surface area contributed by atoms with Gasteiger partial charge in [0.1, 0.15) is 0 Å². The summed E-state index contributed by atoms with van der Waals surface area (Å²) in [4.78, 5) is 14.2. The Morgan fingerprint density at radius 2 is 1.25 bits per heavy atom. The van der Waals surface area contributed by atoms with E-state index < -0.39 is 0 Å². The Balaban J connectivity index is 1.61. The number of thioether (sulfide) groups is 2. The van der Waals surface area contributed by atoms with Crippen LogP contribution >= 0.6 is 23.5 Å². The zero-order chi connectivity index (χ0) is 19.7. The summed E-state index contributed by atoms with van der Waals surface area (Å²) in [6, 6.07) is 25.9. The molecule has 0 heterocycles. The molecule has 1 saturated carbocycles. The second kappa shape index (κ2) is 7.81. The van der Waals surface area contributed by atoms with Gasteiger partial charge in [0, 0.05) is 21.3 Å². The van der Waals surface area contributed by atoms with E-state index in [0.717, 1.165) is 12.0 Å². The predicted molar refractivity (Wildman–Crippen MR) is 121 cm³/mol. The summed E-state index contributed by atoms with van der Waals surface area (Å²) in [5.74, 6) is 0.600. The molecule has 0 aromatic heterocycles. The highest BCUT2D eigenvalue weighted by Crippen LogP contribution is 2.69. The first kappa shape index (κ1) is 19.4. The molecular weight excluding hydrogens is 380 g/mol. The molecular formula is C25H24OS2. The van der Waals surface area contributed by atoms with Crippen LogP contribution in [0, 0.1) is 13.8 Å². The van der Waals surface area contributed by atoms with Gasteiger partial charge in [-0.3, -0.25) is 4.79 Å². The number of benzene rings is 3. The molecule has 0 aliphatic heterocycles. The molecule has 1 aliphatic rings. The van der Waals surface area contributed by atoms with Crippen LogP contribution in [0.3, 0.4) is 0 Å². The van der Waals surface area contributed by atoms with Gasteiger partial charge in [0.15, 0.2) is 5.78 Å². The number of rotatable bonds is 6. The van der Waals surface area contributed by atoms with Gasteiger partial charge < -0.3 is 0 Å². The van der Waals surface area contributed by atoms with Crippen LogP contribution in [0.15, 0.2) is 82.6 Å². The van der Waals surface area contributed by atoms with Crippen LogP contribution in [0.1, 0.15) is 46.3 Å². The molecule has 3 aromatic carbocycles. The van der Waals surface area contributed by atoms with Crippen LogP contribution in [-0.4, -0.2) is 9.86 Å². The van der Waals surface area contributed by atoms with E-state index in [1.807, 2.05) is 35.7 Å². The van der Waals surface area contributed by atoms with Gasteiger partial charge in [-0.2, -0.15) is 0 Å². The van der Waals surface area contributed by atoms with Crippen molar-refractivity contribution in [1.29, 1.82) is 0 Å². The Morgan fingerprint density at radius 3 is 1.68 bits per heavy atom. The lowest BCUT2D eigenvalue weighted by molar-refractivity contribution is 0.101. The zero-order valence-corrected chi connectivity index (χ0v) is 18.1. The maximum absolute atomic E-state index is 11.6. The molecule has 0 amide bonds. The fraction of sp³-hybridized carbons (Fsp3) is 0.240. The Bertz CT molecular complexity index is 925. The molecule has 142 valence electrons. The fourth-order valence-corrected chi connectivity index (χ4v) is 6.55. The summed E-state index contributed by atoms with van der Waals surface area (Å²) >= 11 is 3.95. The van der Waals surface area contributed by atoms with Crippen molar-refractivity contribution in [2.75, 3.05) is 0 Å². The maximum Gasteiger partial charge on any atom is 0.159 e. The Labute approximate surface area is 176 Å². The lowest BCUT2D eigenvalue weighted by Crippen LogP contribution is -2.01. The van der Waals surface area contributed by atoms with Crippen LogP contribution in [0.4, 0.5) is 0 Å². The first-order valence-corrected chi connectivity index (χ1v) is 11.2. The third-order valence-electron chi connectivity index (χ3n) is 5.20. The second-order valence-electron chi connectivity index (χ2n) is 7.58. The average molecular weight is 405 g/mol. The van der Waals surface area contributed by atoms with Crippen LogP contribution in [0.5, 0.6) is 0 Å². The highest BCUT2D eigenvalue weighted by Gasteiger charge is 2.56. The molecule has 0 spiro atoms. The summed E-state index contributed by atoms with van der Waals surface area (Å²) in [5.41, 5.74) is 4.69. The van der Waals surface area contributed by atoms with Gasteiger partial charge in [0.25, 0.3) is 0 Å². The molecule has 0 saturated heterocycles. The summed E-state index contributed by atoms with van der Waals surface area (Å²) in [7, 11) is 0. The summed E-state index contributed by atoms with van der Waals surface area (Å²) in [5, 5.41) is 0. The van der Waals surface area contributed by atoms with Crippen molar-refractivity contribution in [3.63, 3.8) is 0 Å². The van der Waals surface area contributed by atoms with Crippen molar-refractivity contribution in [3.8, 4) is 0 Å². The van der Waals surface area contributed by atoms with E-state index in [1.165, 1.54) is 26.5 Å². The molecule has 1 atom stereocenters. The third-order valence-corrected chi connectivity index (χ3v) is 8.31. The van der Waals surface area contributed by atoms with Gasteiger partial charge in [-0.05, 0) is 57.0 Å². The van der Waals surface area contributed by atoms with Crippen molar-refractivity contribution < 1.29 is 4.79 Å². The van der Waals surface area contributed by atoms with Crippen molar-refractivity contribution in [3.05, 3.63) is 95.1 Å². The molecule has 1 aliphatic carbocycles. The number of hydrogen-bond acceptors (Lipinski definition) is 3. The number of Topliss-reactive ketones (excluding diaryl/α,β-unsaturated/α-hetero) is 1. The highest BCUT2D eigenvalue weighted by atomic mass is 32.2. The largest absolute Gasteiger partial charge is 0.295 e. The number of carbonyl (C=O) groups excluding carboxylic acids is 1. The molecule has 1 nitrogen and oxygen atoms in total. The predicted octanol–water partition coefficient (Wildman–Crippen LogP) is 7.27. The normalized spacial score (nSPS) is 17.3. The molecule has 4 rings (SSSR count). The maximum atomic E-state index is 11.6. The van der Waals surface area contributed by atoms with E-state index in [9.17, 15) is 4.79 Å². The van der Waals surface area contributed by atoms with E-state index in [4.69, 9.17) is 0 Å². The highest BCUT2D eigenvalue weighted by molar-refractivity contribution is 8.18. The van der Waals surface area contributed by atoms with Gasteiger partial charge in [-0.25, -0.2) is 0 Å². The van der Waals surface area contributed by atoms with E-state index in [1.54, 1.807) is 6.92 Å². The van der Waals surface area contributed by atoms with Gasteiger partial charge in [0.2, 0.25) is 0 Å². The third kappa shape index (κ3) is 4.21. The van der Waals surface area contributed by atoms with Crippen molar-refractivity contribution >= 4 is 29.3 Å². The lowest BCUT2D eigenvalue weighted by Gasteiger charge is -2.18. The molecule has 28 heavy (non-hydrogen) atoms. The van der Waals surface area contributed by atoms with Crippen LogP contribution in [0.25, 0.3) is 0 Å². The van der Waals surface area contributed by atoms with Gasteiger partial charge in [-0.15, -0.1) is 23.5 Å². The number of aryl methyl sites for hydroxylation is 2. The molecule has 0 radical (unpaired) electrons. The van der Waals surface area contributed by atoms with E-state index >= 15 is 0 Å². The minimum absolute atomic E-state index is 0.0995. The standard InChI is InChI=1S/C25H24OS2/c1-17-4-12-22(13-5-17)27-25(28-23-14-6-18(2)7-15-23)16-24(25)21-10-8-20(9-11-21)19(3)26/h4-15,24H,16H2,1-3H3/t24-/m1/s1. The number of ketones is 1. The summed E-state index contributed by atoms with van der Waals surface area (Å²) in [6.07, 6.45) is 1.13. The smallest absolute Gasteiger partial charge is 0.159 e. The van der Waals surface area contributed by atoms with Crippen molar-refractivity contribution in [1.82, 2.24) is 0 Å². The SMILES string of the molecule is CC(=O)c1ccc([C@H]2CC2(Sc2ccc(C)cc2)Sc2ccc(C)cc2)cc1. The first-order valence-electron chi connectivity index (χ1n) is 9.57. The second-order valence-corrected chi connectivity index (χ2v) is 10.6.